The van der Waals surface area contributed by atoms with Crippen LogP contribution in [0.5, 0.6) is 0 Å². The van der Waals surface area contributed by atoms with E-state index in [1.54, 1.807) is 0 Å². The zero-order valence-corrected chi connectivity index (χ0v) is 9.50. The number of hydrogen-bond donors (Lipinski definition) is 2. The number of nitrogens with one attached hydrogen (secondary N) is 2. The molecule has 2 aliphatic heterocycles. The molecule has 0 aliphatic carbocycles. The third-order valence-corrected chi connectivity index (χ3v) is 3.38. The number of pyridine rings is 1. The highest BCUT2D eigenvalue weighted by atomic mass is 15.2. The Bertz CT molecular complexity index is 371. The van der Waals surface area contributed by atoms with Crippen LogP contribution in [0.15, 0.2) is 12.3 Å². The van der Waals surface area contributed by atoms with Crippen molar-refractivity contribution in [2.24, 2.45) is 0 Å². The fourth-order valence-corrected chi connectivity index (χ4v) is 2.43. The normalized spacial score (nSPS) is 20.6. The van der Waals surface area contributed by atoms with E-state index in [-0.39, 0.29) is 0 Å². The monoisotopic (exact) mass is 218 g/mol. The van der Waals surface area contributed by atoms with Crippen LogP contribution in [0.4, 0.5) is 5.69 Å². The molecule has 0 amide bonds. The molecule has 0 aromatic carbocycles. The Morgan fingerprint density at radius 1 is 1.12 bits per heavy atom. The molecule has 2 aliphatic rings. The van der Waals surface area contributed by atoms with Crippen molar-refractivity contribution in [2.45, 2.75) is 13.0 Å². The smallest absolute Gasteiger partial charge is 0.0557 e. The maximum Gasteiger partial charge on any atom is 0.0557 e. The second kappa shape index (κ2) is 4.39. The van der Waals surface area contributed by atoms with Gasteiger partial charge in [0.2, 0.25) is 0 Å². The summed E-state index contributed by atoms with van der Waals surface area (Å²) < 4.78 is 0. The van der Waals surface area contributed by atoms with E-state index in [0.29, 0.717) is 0 Å². The summed E-state index contributed by atoms with van der Waals surface area (Å²) in [5, 5.41) is 6.77. The number of anilines is 1. The van der Waals surface area contributed by atoms with Crippen LogP contribution in [-0.2, 0) is 13.0 Å². The van der Waals surface area contributed by atoms with Gasteiger partial charge in [-0.15, -0.1) is 0 Å². The van der Waals surface area contributed by atoms with Gasteiger partial charge in [-0.1, -0.05) is 0 Å². The second-order valence-corrected chi connectivity index (χ2v) is 4.46. The van der Waals surface area contributed by atoms with Crippen molar-refractivity contribution in [1.82, 2.24) is 15.6 Å². The highest BCUT2D eigenvalue weighted by Crippen LogP contribution is 2.19. The molecule has 0 unspecified atom stereocenters. The van der Waals surface area contributed by atoms with Crippen LogP contribution >= 0.6 is 0 Å². The van der Waals surface area contributed by atoms with Crippen molar-refractivity contribution >= 4 is 5.69 Å². The van der Waals surface area contributed by atoms with E-state index in [1.165, 1.54) is 16.9 Å². The number of rotatable bonds is 1. The van der Waals surface area contributed by atoms with Crippen molar-refractivity contribution in [3.05, 3.63) is 23.5 Å². The summed E-state index contributed by atoms with van der Waals surface area (Å²) in [5.74, 6) is 0. The number of hydrogen-bond acceptors (Lipinski definition) is 4. The van der Waals surface area contributed by atoms with Gasteiger partial charge in [-0.2, -0.15) is 0 Å². The van der Waals surface area contributed by atoms with Crippen molar-refractivity contribution in [1.29, 1.82) is 0 Å². The minimum Gasteiger partial charge on any atom is -0.368 e. The van der Waals surface area contributed by atoms with Gasteiger partial charge in [0, 0.05) is 51.4 Å². The van der Waals surface area contributed by atoms with Gasteiger partial charge in [-0.25, -0.2) is 0 Å². The van der Waals surface area contributed by atoms with E-state index >= 15 is 0 Å². The lowest BCUT2D eigenvalue weighted by Crippen LogP contribution is -2.43. The Kier molecular flexibility index (Phi) is 2.76. The Hall–Kier alpha value is -1.13. The lowest BCUT2D eigenvalue weighted by atomic mass is 10.1. The molecular weight excluding hydrogens is 200 g/mol. The molecule has 16 heavy (non-hydrogen) atoms. The molecule has 0 saturated carbocycles. The predicted molar refractivity (Wildman–Crippen MR) is 64.7 cm³/mol. The van der Waals surface area contributed by atoms with Crippen molar-refractivity contribution < 1.29 is 0 Å². The first kappa shape index (κ1) is 10.1. The molecule has 3 rings (SSSR count). The van der Waals surface area contributed by atoms with Gasteiger partial charge in [0.15, 0.2) is 0 Å². The van der Waals surface area contributed by atoms with Gasteiger partial charge in [0.1, 0.15) is 0 Å². The van der Waals surface area contributed by atoms with E-state index in [2.05, 4.69) is 26.6 Å². The lowest BCUT2D eigenvalue weighted by molar-refractivity contribution is 0.586. The summed E-state index contributed by atoms with van der Waals surface area (Å²) in [6.07, 6.45) is 3.10. The molecule has 3 heterocycles. The molecule has 1 fully saturated rings. The Morgan fingerprint density at radius 3 is 2.88 bits per heavy atom. The molecule has 1 aromatic heterocycles. The molecule has 1 aromatic rings. The molecule has 4 heteroatoms. The summed E-state index contributed by atoms with van der Waals surface area (Å²) in [6, 6.07) is 2.31. The first-order chi connectivity index (χ1) is 7.93. The molecule has 0 atom stereocenters. The van der Waals surface area contributed by atoms with Gasteiger partial charge in [0.25, 0.3) is 0 Å². The molecule has 0 spiro atoms. The van der Waals surface area contributed by atoms with Gasteiger partial charge in [-0.05, 0) is 11.6 Å². The van der Waals surface area contributed by atoms with Crippen molar-refractivity contribution in [3.63, 3.8) is 0 Å². The van der Waals surface area contributed by atoms with Crippen LogP contribution in [-0.4, -0.2) is 37.7 Å². The molecule has 0 radical (unpaired) electrons. The second-order valence-electron chi connectivity index (χ2n) is 4.46. The minimum atomic E-state index is 0.974. The van der Waals surface area contributed by atoms with Crippen LogP contribution in [0.2, 0.25) is 0 Å². The molecule has 4 nitrogen and oxygen atoms in total. The SMILES string of the molecule is c1nc2c(cc1N1CCNCC1)CNCC2. The highest BCUT2D eigenvalue weighted by molar-refractivity contribution is 5.48. The van der Waals surface area contributed by atoms with E-state index in [4.69, 9.17) is 0 Å². The summed E-state index contributed by atoms with van der Waals surface area (Å²) in [7, 11) is 0. The van der Waals surface area contributed by atoms with Crippen LogP contribution in [0.1, 0.15) is 11.3 Å². The van der Waals surface area contributed by atoms with E-state index in [9.17, 15) is 0 Å². The molecule has 86 valence electrons. The zero-order chi connectivity index (χ0) is 10.8. The topological polar surface area (TPSA) is 40.2 Å². The maximum absolute atomic E-state index is 4.59. The van der Waals surface area contributed by atoms with E-state index < -0.39 is 0 Å². The summed E-state index contributed by atoms with van der Waals surface area (Å²) >= 11 is 0. The number of aromatic nitrogens is 1. The molecule has 2 N–H and O–H groups in total. The Balaban J connectivity index is 1.84. The number of piperazine rings is 1. The van der Waals surface area contributed by atoms with Crippen LogP contribution in [0.25, 0.3) is 0 Å². The van der Waals surface area contributed by atoms with Crippen molar-refractivity contribution in [3.8, 4) is 0 Å². The van der Waals surface area contributed by atoms with E-state index in [0.717, 1.165) is 45.7 Å². The molecular formula is C12H18N4. The average Bonchev–Trinajstić information content (AvgIpc) is 2.39. The fourth-order valence-electron chi connectivity index (χ4n) is 2.43. The standard InChI is InChI=1S/C12H18N4/c1-2-14-8-10-7-11(9-15-12(1)10)16-5-3-13-4-6-16/h7,9,13-14H,1-6,8H2. The zero-order valence-electron chi connectivity index (χ0n) is 9.50. The number of nitrogens with zero attached hydrogens (tertiary/aromatic N) is 2. The fraction of sp³-hybridized carbons (Fsp3) is 0.583. The van der Waals surface area contributed by atoms with Crippen molar-refractivity contribution in [2.75, 3.05) is 37.6 Å². The van der Waals surface area contributed by atoms with Crippen LogP contribution in [0, 0.1) is 0 Å². The third kappa shape index (κ3) is 1.90. The Morgan fingerprint density at radius 2 is 2.00 bits per heavy atom. The maximum atomic E-state index is 4.59. The largest absolute Gasteiger partial charge is 0.368 e. The average molecular weight is 218 g/mol. The first-order valence-corrected chi connectivity index (χ1v) is 6.08. The minimum absolute atomic E-state index is 0.974. The first-order valence-electron chi connectivity index (χ1n) is 6.08. The summed E-state index contributed by atoms with van der Waals surface area (Å²) in [6.45, 7) is 6.38. The lowest BCUT2D eigenvalue weighted by Gasteiger charge is -2.30. The van der Waals surface area contributed by atoms with Gasteiger partial charge < -0.3 is 15.5 Å². The molecule has 1 saturated heterocycles. The third-order valence-electron chi connectivity index (χ3n) is 3.38. The van der Waals surface area contributed by atoms with Gasteiger partial charge in [-0.3, -0.25) is 4.98 Å². The quantitative estimate of drug-likeness (QED) is 0.703. The van der Waals surface area contributed by atoms with Gasteiger partial charge in [0.05, 0.1) is 11.9 Å². The Labute approximate surface area is 96.1 Å². The predicted octanol–water partition coefficient (Wildman–Crippen LogP) is 0.137. The van der Waals surface area contributed by atoms with Gasteiger partial charge >= 0.3 is 0 Å². The summed E-state index contributed by atoms with van der Waals surface area (Å²) in [5.41, 5.74) is 3.93. The molecule has 0 bridgehead atoms. The van der Waals surface area contributed by atoms with Crippen LogP contribution < -0.4 is 15.5 Å². The van der Waals surface area contributed by atoms with E-state index in [1.807, 2.05) is 6.20 Å². The summed E-state index contributed by atoms with van der Waals surface area (Å²) in [4.78, 5) is 7.01. The van der Waals surface area contributed by atoms with Crippen LogP contribution in [0.3, 0.4) is 0 Å². The highest BCUT2D eigenvalue weighted by Gasteiger charge is 2.14. The number of fused-ring (bicyclic) bond motifs is 1.